The molecule has 1 aromatic heterocycles. The number of hydrogen-bond donors (Lipinski definition) is 2. The molecule has 0 saturated carbocycles. The van der Waals surface area contributed by atoms with Gasteiger partial charge in [-0.1, -0.05) is 72.8 Å². The molecule has 1 atom stereocenters. The Morgan fingerprint density at radius 2 is 1.48 bits per heavy atom. The number of amides is 3. The highest BCUT2D eigenvalue weighted by Gasteiger charge is 2.49. The molecule has 2 aliphatic rings. The minimum absolute atomic E-state index is 0.183. The lowest BCUT2D eigenvalue weighted by Gasteiger charge is -2.31. The number of carbonyl (C=O) groups excluding carboxylic acids is 3. The van der Waals surface area contributed by atoms with E-state index in [0.29, 0.717) is 60.3 Å². The summed E-state index contributed by atoms with van der Waals surface area (Å²) in [6.45, 7) is -0.548. The Morgan fingerprint density at radius 1 is 0.848 bits per heavy atom. The summed E-state index contributed by atoms with van der Waals surface area (Å²) < 4.78 is 39.5. The molecule has 7 nitrogen and oxygen atoms in total. The Labute approximate surface area is 264 Å². The number of carbonyl (C=O) groups is 3. The molecular weight excluding hydrogens is 593 g/mol. The van der Waals surface area contributed by atoms with Gasteiger partial charge in [-0.3, -0.25) is 19.4 Å². The molecule has 2 N–H and O–H groups in total. The molecule has 1 fully saturated rings. The number of nitrogens with zero attached hydrogens (tertiary/aromatic N) is 2. The number of alkyl halides is 3. The van der Waals surface area contributed by atoms with Gasteiger partial charge in [0.1, 0.15) is 18.0 Å². The predicted octanol–water partition coefficient (Wildman–Crippen LogP) is 5.89. The van der Waals surface area contributed by atoms with Gasteiger partial charge in [0.05, 0.1) is 5.69 Å². The fourth-order valence-corrected chi connectivity index (χ4v) is 6.73. The average Bonchev–Trinajstić information content (AvgIpc) is 3.56. The van der Waals surface area contributed by atoms with Gasteiger partial charge in [-0.25, -0.2) is 0 Å². The van der Waals surface area contributed by atoms with Crippen molar-refractivity contribution >= 4 is 17.7 Å². The van der Waals surface area contributed by atoms with E-state index in [9.17, 15) is 27.6 Å². The van der Waals surface area contributed by atoms with Gasteiger partial charge in [-0.05, 0) is 66.1 Å². The number of aromatic nitrogens is 1. The number of nitrogens with one attached hydrogen (secondary N) is 2. The fourth-order valence-electron chi connectivity index (χ4n) is 6.73. The minimum Gasteiger partial charge on any atom is -0.346 e. The second-order valence-corrected chi connectivity index (χ2v) is 11.7. The number of unbranched alkanes of at least 4 members (excludes halogenated alkanes) is 1. The van der Waals surface area contributed by atoms with Crippen molar-refractivity contribution in [2.45, 2.75) is 43.3 Å². The smallest absolute Gasteiger partial charge is 0.346 e. The fraction of sp³-hybridized carbons (Fsp3) is 0.278. The van der Waals surface area contributed by atoms with Crippen molar-refractivity contribution in [1.82, 2.24) is 20.5 Å². The van der Waals surface area contributed by atoms with Crippen molar-refractivity contribution in [1.29, 1.82) is 0 Å². The molecule has 1 aliphatic carbocycles. The van der Waals surface area contributed by atoms with Crippen LogP contribution in [0.2, 0.25) is 0 Å². The number of likely N-dealkylation sites (tertiary alicyclic amines) is 1. The number of benzene rings is 3. The van der Waals surface area contributed by atoms with Gasteiger partial charge in [0, 0.05) is 30.4 Å². The van der Waals surface area contributed by atoms with Crippen molar-refractivity contribution in [3.05, 3.63) is 114 Å². The molecule has 0 spiro atoms. The SMILES string of the molecule is O=C(NC1CCN(CCCCC2(C(=O)NCC(F)(F)F)c3ccccc3-c3ccccc32)C1=O)c1ccccc1-c1ccccn1. The molecule has 6 rings (SSSR count). The lowest BCUT2D eigenvalue weighted by molar-refractivity contribution is -0.141. The van der Waals surface area contributed by atoms with Gasteiger partial charge >= 0.3 is 6.18 Å². The Morgan fingerprint density at radius 3 is 2.13 bits per heavy atom. The summed E-state index contributed by atoms with van der Waals surface area (Å²) in [5.74, 6) is -1.22. The van der Waals surface area contributed by atoms with Crippen LogP contribution in [0.4, 0.5) is 13.2 Å². The Bertz CT molecular complexity index is 1710. The minimum atomic E-state index is -4.54. The average molecular weight is 627 g/mol. The van der Waals surface area contributed by atoms with Crippen molar-refractivity contribution in [2.75, 3.05) is 19.6 Å². The van der Waals surface area contributed by atoms with Crippen molar-refractivity contribution < 1.29 is 27.6 Å². The zero-order valence-corrected chi connectivity index (χ0v) is 25.0. The monoisotopic (exact) mass is 626 g/mol. The maximum Gasteiger partial charge on any atom is 0.405 e. The van der Waals surface area contributed by atoms with E-state index in [1.165, 1.54) is 0 Å². The molecule has 0 bridgehead atoms. The highest BCUT2D eigenvalue weighted by Crippen LogP contribution is 2.51. The van der Waals surface area contributed by atoms with Gasteiger partial charge in [0.2, 0.25) is 11.8 Å². The Balaban J connectivity index is 1.12. The zero-order valence-electron chi connectivity index (χ0n) is 25.0. The molecule has 4 aromatic rings. The highest BCUT2D eigenvalue weighted by molar-refractivity contribution is 6.03. The van der Waals surface area contributed by atoms with Gasteiger partial charge in [0.25, 0.3) is 5.91 Å². The Kier molecular flexibility index (Phi) is 8.62. The van der Waals surface area contributed by atoms with Crippen LogP contribution in [0.5, 0.6) is 0 Å². The lowest BCUT2D eigenvalue weighted by Crippen LogP contribution is -2.47. The molecule has 0 radical (unpaired) electrons. The summed E-state index contributed by atoms with van der Waals surface area (Å²) in [6.07, 6.45) is -1.13. The molecule has 3 aromatic carbocycles. The summed E-state index contributed by atoms with van der Waals surface area (Å²) in [6, 6.07) is 26.6. The Hall–Kier alpha value is -4.99. The lowest BCUT2D eigenvalue weighted by atomic mass is 9.73. The van der Waals surface area contributed by atoms with E-state index in [-0.39, 0.29) is 18.2 Å². The first-order valence-electron chi connectivity index (χ1n) is 15.3. The molecule has 46 heavy (non-hydrogen) atoms. The van der Waals surface area contributed by atoms with Crippen LogP contribution < -0.4 is 10.6 Å². The van der Waals surface area contributed by atoms with Gasteiger partial charge in [-0.2, -0.15) is 13.2 Å². The van der Waals surface area contributed by atoms with Crippen LogP contribution in [0.25, 0.3) is 22.4 Å². The summed E-state index contributed by atoms with van der Waals surface area (Å²) in [4.78, 5) is 46.3. The number of rotatable bonds is 10. The number of hydrogen-bond acceptors (Lipinski definition) is 4. The molecule has 1 unspecified atom stereocenters. The van der Waals surface area contributed by atoms with E-state index >= 15 is 0 Å². The quantitative estimate of drug-likeness (QED) is 0.215. The molecule has 1 saturated heterocycles. The van der Waals surface area contributed by atoms with Crippen LogP contribution in [0, 0.1) is 0 Å². The zero-order chi connectivity index (χ0) is 32.3. The highest BCUT2D eigenvalue weighted by atomic mass is 19.4. The van der Waals surface area contributed by atoms with Crippen LogP contribution in [0.1, 0.15) is 47.2 Å². The van der Waals surface area contributed by atoms with Crippen LogP contribution in [-0.2, 0) is 15.0 Å². The van der Waals surface area contributed by atoms with Crippen molar-refractivity contribution in [3.63, 3.8) is 0 Å². The van der Waals surface area contributed by atoms with Gasteiger partial charge in [-0.15, -0.1) is 0 Å². The molecule has 3 amide bonds. The predicted molar refractivity (Wildman–Crippen MR) is 168 cm³/mol. The van der Waals surface area contributed by atoms with Crippen molar-refractivity contribution in [2.24, 2.45) is 0 Å². The third-order valence-electron chi connectivity index (χ3n) is 8.85. The van der Waals surface area contributed by atoms with Crippen LogP contribution in [-0.4, -0.2) is 59.5 Å². The topological polar surface area (TPSA) is 91.4 Å². The normalized spacial score (nSPS) is 16.5. The van der Waals surface area contributed by atoms with E-state index in [4.69, 9.17) is 0 Å². The standard InChI is InChI=1S/C36H33F3N4O3/c37-36(38,39)23-41-34(46)35(28-15-5-3-11-24(28)25-12-4-6-16-29(25)35)19-8-10-21-43-22-18-31(33(43)45)42-32(44)27-14-2-1-13-26(27)30-17-7-9-20-40-30/h1-7,9,11-17,20,31H,8,10,18-19,21-23H2,(H,41,46)(H,42,44). The molecule has 236 valence electrons. The largest absolute Gasteiger partial charge is 0.405 e. The summed E-state index contributed by atoms with van der Waals surface area (Å²) in [5.41, 5.74) is 3.50. The molecule has 1 aliphatic heterocycles. The third kappa shape index (κ3) is 5.99. The van der Waals surface area contributed by atoms with E-state index < -0.39 is 30.1 Å². The second-order valence-electron chi connectivity index (χ2n) is 11.7. The van der Waals surface area contributed by atoms with Crippen molar-refractivity contribution in [3.8, 4) is 22.4 Å². The van der Waals surface area contributed by atoms with Crippen LogP contribution in [0.3, 0.4) is 0 Å². The van der Waals surface area contributed by atoms with Crippen LogP contribution >= 0.6 is 0 Å². The third-order valence-corrected chi connectivity index (χ3v) is 8.85. The molecule has 10 heteroatoms. The van der Waals surface area contributed by atoms with E-state index in [1.807, 2.05) is 60.7 Å². The first kappa shape index (κ1) is 31.0. The number of fused-ring (bicyclic) bond motifs is 3. The van der Waals surface area contributed by atoms with E-state index in [2.05, 4.69) is 15.6 Å². The second kappa shape index (κ2) is 12.8. The first-order chi connectivity index (χ1) is 22.2. The summed E-state index contributed by atoms with van der Waals surface area (Å²) >= 11 is 0. The number of pyridine rings is 1. The van der Waals surface area contributed by atoms with Gasteiger partial charge in [0.15, 0.2) is 0 Å². The number of halogens is 3. The van der Waals surface area contributed by atoms with Crippen LogP contribution in [0.15, 0.2) is 97.2 Å². The first-order valence-corrected chi connectivity index (χ1v) is 15.3. The maximum atomic E-state index is 13.7. The summed E-state index contributed by atoms with van der Waals surface area (Å²) in [7, 11) is 0. The molecular formula is C36H33F3N4O3. The summed E-state index contributed by atoms with van der Waals surface area (Å²) in [5, 5.41) is 5.04. The van der Waals surface area contributed by atoms with Gasteiger partial charge < -0.3 is 15.5 Å². The van der Waals surface area contributed by atoms with E-state index in [1.54, 1.807) is 41.4 Å². The maximum absolute atomic E-state index is 13.7. The molecule has 2 heterocycles. The van der Waals surface area contributed by atoms with E-state index in [0.717, 1.165) is 11.1 Å².